The van der Waals surface area contributed by atoms with E-state index in [9.17, 15) is 13.6 Å². The summed E-state index contributed by atoms with van der Waals surface area (Å²) in [5.41, 5.74) is 5.40. The minimum atomic E-state index is -0.884. The zero-order valence-corrected chi connectivity index (χ0v) is 10.7. The maximum absolute atomic E-state index is 13.7. The zero-order valence-electron chi connectivity index (χ0n) is 10.7. The molecule has 0 spiro atoms. The second-order valence-electron chi connectivity index (χ2n) is 4.27. The number of nitrogens with two attached hydrogens (primary N) is 1. The van der Waals surface area contributed by atoms with Crippen molar-refractivity contribution >= 4 is 11.7 Å². The number of pyridine rings is 1. The molecule has 0 aliphatic heterocycles. The Kier molecular flexibility index (Phi) is 3.93. The SMILES string of the molecule is CC(NC(=O)c1ccnc(N)c1F)c1ccccc1F. The predicted octanol–water partition coefficient (Wildman–Crippen LogP) is 2.43. The minimum Gasteiger partial charge on any atom is -0.381 e. The van der Waals surface area contributed by atoms with Crippen LogP contribution in [-0.2, 0) is 0 Å². The van der Waals surface area contributed by atoms with Crippen molar-refractivity contribution in [3.8, 4) is 0 Å². The summed E-state index contributed by atoms with van der Waals surface area (Å²) in [5, 5.41) is 2.52. The highest BCUT2D eigenvalue weighted by atomic mass is 19.1. The van der Waals surface area contributed by atoms with Gasteiger partial charge in [-0.15, -0.1) is 0 Å². The summed E-state index contributed by atoms with van der Waals surface area (Å²) in [4.78, 5) is 15.5. The second kappa shape index (κ2) is 5.64. The van der Waals surface area contributed by atoms with Gasteiger partial charge in [0.05, 0.1) is 11.6 Å². The Morgan fingerprint density at radius 2 is 2.00 bits per heavy atom. The molecule has 0 radical (unpaired) electrons. The van der Waals surface area contributed by atoms with Gasteiger partial charge in [0, 0.05) is 11.8 Å². The lowest BCUT2D eigenvalue weighted by Crippen LogP contribution is -2.28. The molecule has 1 amide bonds. The van der Waals surface area contributed by atoms with Crippen LogP contribution in [-0.4, -0.2) is 10.9 Å². The summed E-state index contributed by atoms with van der Waals surface area (Å²) in [7, 11) is 0. The van der Waals surface area contributed by atoms with E-state index < -0.39 is 23.6 Å². The van der Waals surface area contributed by atoms with E-state index in [0.29, 0.717) is 5.56 Å². The molecule has 2 aromatic rings. The third kappa shape index (κ3) is 2.74. The molecule has 6 heteroatoms. The van der Waals surface area contributed by atoms with Gasteiger partial charge in [0.25, 0.3) is 5.91 Å². The van der Waals surface area contributed by atoms with Gasteiger partial charge in [-0.1, -0.05) is 18.2 Å². The summed E-state index contributed by atoms with van der Waals surface area (Å²) < 4.78 is 27.2. The molecule has 4 nitrogen and oxygen atoms in total. The van der Waals surface area contributed by atoms with Gasteiger partial charge >= 0.3 is 0 Å². The molecule has 2 rings (SSSR count). The van der Waals surface area contributed by atoms with Crippen molar-refractivity contribution in [2.24, 2.45) is 0 Å². The van der Waals surface area contributed by atoms with Crippen molar-refractivity contribution in [3.05, 3.63) is 59.3 Å². The second-order valence-corrected chi connectivity index (χ2v) is 4.27. The number of benzene rings is 1. The Labute approximate surface area is 114 Å². The highest BCUT2D eigenvalue weighted by Gasteiger charge is 2.18. The summed E-state index contributed by atoms with van der Waals surface area (Å²) in [6.45, 7) is 1.61. The standard InChI is InChI=1S/C14H13F2N3O/c1-8(9-4-2-3-5-11(9)15)19-14(20)10-6-7-18-13(17)12(10)16/h2-8H,1H3,(H2,17,18)(H,19,20). The third-order valence-corrected chi connectivity index (χ3v) is 2.88. The molecule has 104 valence electrons. The van der Waals surface area contributed by atoms with E-state index in [1.807, 2.05) is 0 Å². The van der Waals surface area contributed by atoms with Crippen LogP contribution in [0.4, 0.5) is 14.6 Å². The van der Waals surface area contributed by atoms with Crippen LogP contribution in [0.25, 0.3) is 0 Å². The number of rotatable bonds is 3. The summed E-state index contributed by atoms with van der Waals surface area (Å²) in [5.74, 6) is -2.34. The van der Waals surface area contributed by atoms with Gasteiger partial charge in [-0.3, -0.25) is 4.79 Å². The first kappa shape index (κ1) is 13.9. The Balaban J connectivity index is 2.20. The number of halogens is 2. The van der Waals surface area contributed by atoms with Crippen molar-refractivity contribution in [2.45, 2.75) is 13.0 Å². The molecule has 20 heavy (non-hydrogen) atoms. The lowest BCUT2D eigenvalue weighted by Gasteiger charge is -2.15. The average molecular weight is 277 g/mol. The van der Waals surface area contributed by atoms with Crippen LogP contribution in [0.5, 0.6) is 0 Å². The molecule has 1 aromatic carbocycles. The molecule has 0 saturated carbocycles. The first-order valence-electron chi connectivity index (χ1n) is 5.96. The molecule has 0 fully saturated rings. The zero-order chi connectivity index (χ0) is 14.7. The normalized spacial score (nSPS) is 11.9. The molecule has 0 aliphatic rings. The maximum Gasteiger partial charge on any atom is 0.254 e. The van der Waals surface area contributed by atoms with Crippen molar-refractivity contribution in [1.29, 1.82) is 0 Å². The molecule has 0 saturated heterocycles. The number of nitrogen functional groups attached to an aromatic ring is 1. The Hall–Kier alpha value is -2.50. The van der Waals surface area contributed by atoms with Crippen LogP contribution >= 0.6 is 0 Å². The number of nitrogens with zero attached hydrogens (tertiary/aromatic N) is 1. The molecule has 1 aromatic heterocycles. The Morgan fingerprint density at radius 1 is 1.30 bits per heavy atom. The topological polar surface area (TPSA) is 68.0 Å². The number of aromatic nitrogens is 1. The molecular weight excluding hydrogens is 264 g/mol. The molecule has 0 aliphatic carbocycles. The number of carbonyl (C=O) groups excluding carboxylic acids is 1. The smallest absolute Gasteiger partial charge is 0.254 e. The lowest BCUT2D eigenvalue weighted by molar-refractivity contribution is 0.0935. The van der Waals surface area contributed by atoms with Crippen molar-refractivity contribution in [2.75, 3.05) is 5.73 Å². The van der Waals surface area contributed by atoms with E-state index in [2.05, 4.69) is 10.3 Å². The number of amides is 1. The lowest BCUT2D eigenvalue weighted by atomic mass is 10.1. The number of hydrogen-bond acceptors (Lipinski definition) is 3. The van der Waals surface area contributed by atoms with Crippen molar-refractivity contribution in [3.63, 3.8) is 0 Å². The van der Waals surface area contributed by atoms with E-state index in [4.69, 9.17) is 5.73 Å². The fraction of sp³-hybridized carbons (Fsp3) is 0.143. The van der Waals surface area contributed by atoms with Crippen LogP contribution in [0.3, 0.4) is 0 Å². The largest absolute Gasteiger partial charge is 0.381 e. The monoisotopic (exact) mass is 277 g/mol. The van der Waals surface area contributed by atoms with Gasteiger partial charge in [0.2, 0.25) is 0 Å². The molecule has 1 heterocycles. The highest BCUT2D eigenvalue weighted by Crippen LogP contribution is 2.18. The van der Waals surface area contributed by atoms with Crippen LogP contribution in [0, 0.1) is 11.6 Å². The molecule has 3 N–H and O–H groups in total. The van der Waals surface area contributed by atoms with Gasteiger partial charge in [0.1, 0.15) is 5.82 Å². The number of carbonyl (C=O) groups is 1. The highest BCUT2D eigenvalue weighted by molar-refractivity contribution is 5.95. The Bertz CT molecular complexity index is 646. The van der Waals surface area contributed by atoms with Crippen LogP contribution in [0.2, 0.25) is 0 Å². The van der Waals surface area contributed by atoms with E-state index in [1.165, 1.54) is 18.3 Å². The first-order chi connectivity index (χ1) is 9.50. The fourth-order valence-electron chi connectivity index (χ4n) is 1.81. The van der Waals surface area contributed by atoms with Gasteiger partial charge in [0.15, 0.2) is 11.6 Å². The van der Waals surface area contributed by atoms with Crippen LogP contribution in [0.1, 0.15) is 28.9 Å². The molecule has 0 bridgehead atoms. The molecule has 1 atom stereocenters. The summed E-state index contributed by atoms with van der Waals surface area (Å²) >= 11 is 0. The van der Waals surface area contributed by atoms with Crippen molar-refractivity contribution < 1.29 is 13.6 Å². The summed E-state index contributed by atoms with van der Waals surface area (Å²) in [6.07, 6.45) is 1.24. The van der Waals surface area contributed by atoms with Crippen LogP contribution < -0.4 is 11.1 Å². The van der Waals surface area contributed by atoms with Gasteiger partial charge in [-0.05, 0) is 19.1 Å². The van der Waals surface area contributed by atoms with E-state index >= 15 is 0 Å². The number of anilines is 1. The minimum absolute atomic E-state index is 0.222. The quantitative estimate of drug-likeness (QED) is 0.905. The van der Waals surface area contributed by atoms with Gasteiger partial charge < -0.3 is 11.1 Å². The van der Waals surface area contributed by atoms with E-state index in [1.54, 1.807) is 25.1 Å². The van der Waals surface area contributed by atoms with E-state index in [-0.39, 0.29) is 11.4 Å². The van der Waals surface area contributed by atoms with Gasteiger partial charge in [-0.2, -0.15) is 0 Å². The van der Waals surface area contributed by atoms with Gasteiger partial charge in [-0.25, -0.2) is 13.8 Å². The van der Waals surface area contributed by atoms with E-state index in [0.717, 1.165) is 0 Å². The molecule has 1 unspecified atom stereocenters. The first-order valence-corrected chi connectivity index (χ1v) is 5.96. The number of nitrogens with one attached hydrogen (secondary N) is 1. The number of hydrogen-bond donors (Lipinski definition) is 2. The third-order valence-electron chi connectivity index (χ3n) is 2.88. The fourth-order valence-corrected chi connectivity index (χ4v) is 1.81. The average Bonchev–Trinajstić information content (AvgIpc) is 2.42. The summed E-state index contributed by atoms with van der Waals surface area (Å²) in [6, 6.07) is 6.68. The maximum atomic E-state index is 13.7. The predicted molar refractivity (Wildman–Crippen MR) is 70.9 cm³/mol. The van der Waals surface area contributed by atoms with Crippen LogP contribution in [0.15, 0.2) is 36.5 Å². The molecular formula is C14H13F2N3O. The van der Waals surface area contributed by atoms with Crippen molar-refractivity contribution in [1.82, 2.24) is 10.3 Å². The Morgan fingerprint density at radius 3 is 2.70 bits per heavy atom.